The maximum Gasteiger partial charge on any atom is 0.301 e. The first-order chi connectivity index (χ1) is 22.7. The van der Waals surface area contributed by atoms with Gasteiger partial charge in [0.1, 0.15) is 11.5 Å². The summed E-state index contributed by atoms with van der Waals surface area (Å²) in [7, 11) is 0. The minimum absolute atomic E-state index is 0.0563. The van der Waals surface area contributed by atoms with Gasteiger partial charge in [0.2, 0.25) is 5.13 Å². The van der Waals surface area contributed by atoms with E-state index in [2.05, 4.69) is 48.3 Å². The van der Waals surface area contributed by atoms with Gasteiger partial charge in [0.05, 0.1) is 31.4 Å². The predicted molar refractivity (Wildman–Crippen MR) is 186 cm³/mol. The number of ketones is 1. The van der Waals surface area contributed by atoms with Crippen molar-refractivity contribution in [3.8, 4) is 17.2 Å². The second kappa shape index (κ2) is 15.5. The monoisotopic (exact) mass is 673 g/mol. The Morgan fingerprint density at radius 3 is 2.34 bits per heavy atom. The highest BCUT2D eigenvalue weighted by molar-refractivity contribution is 8.00. The van der Waals surface area contributed by atoms with Crippen LogP contribution in [0, 0.1) is 12.8 Å². The van der Waals surface area contributed by atoms with E-state index in [-0.39, 0.29) is 16.5 Å². The van der Waals surface area contributed by atoms with E-state index >= 15 is 0 Å². The number of aromatic nitrogens is 2. The number of hydrogen-bond donors (Lipinski definition) is 1. The molecule has 1 unspecified atom stereocenters. The molecule has 1 amide bonds. The van der Waals surface area contributed by atoms with E-state index in [1.54, 1.807) is 42.5 Å². The summed E-state index contributed by atoms with van der Waals surface area (Å²) in [4.78, 5) is 28.8. The number of nitrogens with zero attached hydrogens (tertiary/aromatic N) is 3. The highest BCUT2D eigenvalue weighted by Gasteiger charge is 2.48. The third-order valence-corrected chi connectivity index (χ3v) is 9.63. The highest BCUT2D eigenvalue weighted by Crippen LogP contribution is 2.46. The number of benzene rings is 3. The lowest BCUT2D eigenvalue weighted by Crippen LogP contribution is -2.29. The summed E-state index contributed by atoms with van der Waals surface area (Å²) in [5, 5.41) is 20.5. The van der Waals surface area contributed by atoms with E-state index < -0.39 is 17.7 Å². The molecule has 11 heteroatoms. The molecule has 47 heavy (non-hydrogen) atoms. The Hall–Kier alpha value is -4.35. The Labute approximate surface area is 283 Å². The molecule has 1 aliphatic heterocycles. The standard InChI is InChI=1S/C36H39N3O6S2/c1-6-43-27-15-12-25(13-16-27)32(40)30-31(26-14-17-28(29(20-26)44-7-2)45-19-18-22(3)4)39(34(42)33(30)41)35-37-38-36(47-35)46-21-24-10-8-23(5)9-11-24/h8-17,20,22,31,40H,6-7,18-19,21H2,1-5H3. The number of thioether (sulfide) groups is 1. The fraction of sp³-hybridized carbons (Fsp3) is 0.333. The molecule has 3 aromatic carbocycles. The van der Waals surface area contributed by atoms with Gasteiger partial charge < -0.3 is 19.3 Å². The molecule has 0 aliphatic carbocycles. The third-order valence-electron chi connectivity index (χ3n) is 7.50. The van der Waals surface area contributed by atoms with Gasteiger partial charge >= 0.3 is 5.91 Å². The molecule has 246 valence electrons. The van der Waals surface area contributed by atoms with Gasteiger partial charge in [0.25, 0.3) is 5.78 Å². The zero-order valence-electron chi connectivity index (χ0n) is 27.2. The van der Waals surface area contributed by atoms with Gasteiger partial charge in [-0.2, -0.15) is 0 Å². The molecule has 9 nitrogen and oxygen atoms in total. The molecule has 1 atom stereocenters. The van der Waals surface area contributed by atoms with Crippen molar-refractivity contribution in [2.24, 2.45) is 5.92 Å². The molecule has 2 heterocycles. The number of hydrogen-bond acceptors (Lipinski definition) is 10. The first-order valence-electron chi connectivity index (χ1n) is 15.7. The minimum Gasteiger partial charge on any atom is -0.507 e. The predicted octanol–water partition coefficient (Wildman–Crippen LogP) is 7.99. The number of aryl methyl sites for hydroxylation is 1. The van der Waals surface area contributed by atoms with E-state index in [9.17, 15) is 14.7 Å². The smallest absolute Gasteiger partial charge is 0.301 e. The Morgan fingerprint density at radius 2 is 1.66 bits per heavy atom. The summed E-state index contributed by atoms with van der Waals surface area (Å²) in [6, 6.07) is 19.3. The maximum absolute atomic E-state index is 13.8. The molecular weight excluding hydrogens is 635 g/mol. The van der Waals surface area contributed by atoms with Crippen molar-refractivity contribution in [2.45, 2.75) is 57.2 Å². The number of carbonyl (C=O) groups is 2. The molecular formula is C36H39N3O6S2. The lowest BCUT2D eigenvalue weighted by molar-refractivity contribution is -0.132. The summed E-state index contributed by atoms with van der Waals surface area (Å²) < 4.78 is 18.2. The molecule has 0 bridgehead atoms. The molecule has 5 rings (SSSR count). The van der Waals surface area contributed by atoms with Crippen molar-refractivity contribution in [1.29, 1.82) is 0 Å². The van der Waals surface area contributed by atoms with E-state index in [4.69, 9.17) is 14.2 Å². The lowest BCUT2D eigenvalue weighted by atomic mass is 9.95. The number of carbonyl (C=O) groups excluding carboxylic acids is 2. The first-order valence-corrected chi connectivity index (χ1v) is 17.5. The van der Waals surface area contributed by atoms with Gasteiger partial charge in [-0.1, -0.05) is 72.8 Å². The zero-order valence-corrected chi connectivity index (χ0v) is 28.8. The van der Waals surface area contributed by atoms with Gasteiger partial charge in [-0.3, -0.25) is 14.5 Å². The van der Waals surface area contributed by atoms with Crippen molar-refractivity contribution in [3.63, 3.8) is 0 Å². The Balaban J connectivity index is 1.55. The lowest BCUT2D eigenvalue weighted by Gasteiger charge is -2.24. The van der Waals surface area contributed by atoms with E-state index in [1.807, 2.05) is 20.8 Å². The Kier molecular flexibility index (Phi) is 11.2. The molecule has 1 N–H and O–H groups in total. The van der Waals surface area contributed by atoms with Crippen LogP contribution < -0.4 is 19.1 Å². The van der Waals surface area contributed by atoms with Crippen LogP contribution in [0.5, 0.6) is 17.2 Å². The molecule has 4 aromatic rings. The van der Waals surface area contributed by atoms with Crippen LogP contribution in [0.25, 0.3) is 5.76 Å². The average Bonchev–Trinajstić information content (AvgIpc) is 3.63. The number of amides is 1. The summed E-state index contributed by atoms with van der Waals surface area (Å²) in [5.41, 5.74) is 3.19. The molecule has 0 radical (unpaired) electrons. The van der Waals surface area contributed by atoms with E-state index in [0.29, 0.717) is 64.2 Å². The van der Waals surface area contributed by atoms with Gasteiger partial charge in [-0.15, -0.1) is 10.2 Å². The molecule has 1 saturated heterocycles. The van der Waals surface area contributed by atoms with Crippen LogP contribution in [0.15, 0.2) is 76.6 Å². The SMILES string of the molecule is CCOc1ccc(C(O)=C2C(=O)C(=O)N(c3nnc(SCc4ccc(C)cc4)s3)C2c2ccc(OCCC(C)C)c(OCC)c2)cc1. The number of anilines is 1. The summed E-state index contributed by atoms with van der Waals surface area (Å²) in [6.07, 6.45) is 0.872. The number of ether oxygens (including phenoxy) is 3. The topological polar surface area (TPSA) is 111 Å². The van der Waals surface area contributed by atoms with Crippen molar-refractivity contribution < 1.29 is 28.9 Å². The fourth-order valence-corrected chi connectivity index (χ4v) is 6.87. The number of aliphatic hydroxyl groups excluding tert-OH is 1. The largest absolute Gasteiger partial charge is 0.507 e. The average molecular weight is 674 g/mol. The maximum atomic E-state index is 13.8. The highest BCUT2D eigenvalue weighted by atomic mass is 32.2. The zero-order chi connectivity index (χ0) is 33.5. The third kappa shape index (κ3) is 7.97. The van der Waals surface area contributed by atoms with Crippen LogP contribution in [0.1, 0.15) is 62.4 Å². The fourth-order valence-electron chi connectivity index (χ4n) is 5.05. The van der Waals surface area contributed by atoms with Gasteiger partial charge in [-0.05, 0) is 80.6 Å². The molecule has 1 aliphatic rings. The number of Topliss-reactive ketones (excluding diaryl/α,β-unsaturated/α-hetero) is 1. The minimum atomic E-state index is -0.992. The van der Waals surface area contributed by atoms with Crippen LogP contribution in [-0.2, 0) is 15.3 Å². The van der Waals surface area contributed by atoms with Gasteiger partial charge in [0.15, 0.2) is 15.8 Å². The number of rotatable bonds is 14. The summed E-state index contributed by atoms with van der Waals surface area (Å²) in [6.45, 7) is 11.4. The second-order valence-electron chi connectivity index (χ2n) is 11.4. The van der Waals surface area contributed by atoms with Crippen LogP contribution in [-0.4, -0.2) is 46.8 Å². The first kappa shape index (κ1) is 34.0. The van der Waals surface area contributed by atoms with Crippen LogP contribution >= 0.6 is 23.1 Å². The number of aliphatic hydroxyl groups is 1. The van der Waals surface area contributed by atoms with Crippen molar-refractivity contribution in [2.75, 3.05) is 24.7 Å². The molecule has 1 aromatic heterocycles. The van der Waals surface area contributed by atoms with E-state index in [0.717, 1.165) is 12.0 Å². The van der Waals surface area contributed by atoms with Crippen LogP contribution in [0.4, 0.5) is 5.13 Å². The quantitative estimate of drug-likeness (QED) is 0.0468. The van der Waals surface area contributed by atoms with Gasteiger partial charge in [0, 0.05) is 11.3 Å². The Morgan fingerprint density at radius 1 is 0.936 bits per heavy atom. The summed E-state index contributed by atoms with van der Waals surface area (Å²) >= 11 is 2.72. The van der Waals surface area contributed by atoms with E-state index in [1.165, 1.54) is 33.6 Å². The second-order valence-corrected chi connectivity index (χ2v) is 13.6. The van der Waals surface area contributed by atoms with Crippen LogP contribution in [0.2, 0.25) is 0 Å². The van der Waals surface area contributed by atoms with Crippen molar-refractivity contribution in [1.82, 2.24) is 10.2 Å². The molecule has 0 saturated carbocycles. The molecule has 1 fully saturated rings. The van der Waals surface area contributed by atoms with Crippen molar-refractivity contribution in [3.05, 3.63) is 94.6 Å². The molecule has 0 spiro atoms. The Bertz CT molecular complexity index is 1730. The van der Waals surface area contributed by atoms with Crippen molar-refractivity contribution >= 4 is 45.7 Å². The summed E-state index contributed by atoms with van der Waals surface area (Å²) in [5.74, 6) is 0.888. The normalized spacial score (nSPS) is 15.8. The van der Waals surface area contributed by atoms with Crippen LogP contribution in [0.3, 0.4) is 0 Å². The van der Waals surface area contributed by atoms with Gasteiger partial charge in [-0.25, -0.2) is 0 Å².